The molecule has 31 heavy (non-hydrogen) atoms. The van der Waals surface area contributed by atoms with E-state index in [4.69, 9.17) is 0 Å². The summed E-state index contributed by atoms with van der Waals surface area (Å²) in [6, 6.07) is 17.9. The van der Waals surface area contributed by atoms with E-state index in [1.54, 1.807) is 11.8 Å². The van der Waals surface area contributed by atoms with Crippen LogP contribution in [0.15, 0.2) is 54.6 Å². The number of hydrogen-bond donors (Lipinski definition) is 0. The van der Waals surface area contributed by atoms with Crippen molar-refractivity contribution in [2.75, 3.05) is 20.1 Å². The lowest BCUT2D eigenvalue weighted by molar-refractivity contribution is -0.141. The van der Waals surface area contributed by atoms with E-state index in [2.05, 4.69) is 9.97 Å². The van der Waals surface area contributed by atoms with Gasteiger partial charge >= 0.3 is 0 Å². The third-order valence-electron chi connectivity index (χ3n) is 6.36. The smallest absolute Gasteiger partial charge is 0.233 e. The number of carbonyl (C=O) groups excluding carboxylic acids is 2. The van der Waals surface area contributed by atoms with Gasteiger partial charge < -0.3 is 9.80 Å². The Morgan fingerprint density at radius 2 is 1.65 bits per heavy atom. The van der Waals surface area contributed by atoms with Gasteiger partial charge in [-0.25, -0.2) is 9.97 Å². The van der Waals surface area contributed by atoms with Crippen LogP contribution in [0.25, 0.3) is 10.9 Å². The molecule has 0 bridgehead atoms. The molecule has 2 aromatic carbocycles. The number of nitrogens with zero attached hydrogens (tertiary/aromatic N) is 4. The molecule has 2 heterocycles. The van der Waals surface area contributed by atoms with Crippen molar-refractivity contribution >= 4 is 22.7 Å². The van der Waals surface area contributed by atoms with Crippen LogP contribution in [-0.4, -0.2) is 51.7 Å². The van der Waals surface area contributed by atoms with Gasteiger partial charge in [-0.05, 0) is 31.4 Å². The summed E-state index contributed by atoms with van der Waals surface area (Å²) in [6.45, 7) is 5.06. The third kappa shape index (κ3) is 4.02. The molecule has 2 amide bonds. The number of likely N-dealkylation sites (tertiary alicyclic amines) is 1. The van der Waals surface area contributed by atoms with E-state index in [9.17, 15) is 9.59 Å². The number of hydrogen-bond acceptors (Lipinski definition) is 4. The van der Waals surface area contributed by atoms with Gasteiger partial charge in [0.25, 0.3) is 0 Å². The summed E-state index contributed by atoms with van der Waals surface area (Å²) in [5, 5.41) is 1.03. The molecule has 6 nitrogen and oxygen atoms in total. The first-order chi connectivity index (χ1) is 14.9. The molecule has 0 spiro atoms. The molecule has 0 N–H and O–H groups in total. The standard InChI is InChI=1S/C25H28N4O2/c1-18-21-11-7-8-12-22(21)27-23(26-18)17-28(3)24(31)25(20-9-5-4-6-10-20)13-15-29(16-14-25)19(2)30/h4-12H,13-17H2,1-3H3. The zero-order valence-corrected chi connectivity index (χ0v) is 18.3. The molecule has 1 aliphatic heterocycles. The summed E-state index contributed by atoms with van der Waals surface area (Å²) in [5.74, 6) is 0.746. The van der Waals surface area contributed by atoms with Crippen LogP contribution in [-0.2, 0) is 21.5 Å². The average molecular weight is 417 g/mol. The minimum Gasteiger partial charge on any atom is -0.343 e. The normalized spacial score (nSPS) is 15.6. The minimum atomic E-state index is -0.645. The van der Waals surface area contributed by atoms with E-state index >= 15 is 0 Å². The van der Waals surface area contributed by atoms with Gasteiger partial charge in [-0.2, -0.15) is 0 Å². The number of piperidine rings is 1. The fraction of sp³-hybridized carbons (Fsp3) is 0.360. The Morgan fingerprint density at radius 1 is 1.00 bits per heavy atom. The molecular formula is C25H28N4O2. The van der Waals surface area contributed by atoms with Crippen LogP contribution in [0.2, 0.25) is 0 Å². The maximum Gasteiger partial charge on any atom is 0.233 e. The number of benzene rings is 2. The molecule has 0 saturated carbocycles. The van der Waals surface area contributed by atoms with Gasteiger partial charge in [-0.15, -0.1) is 0 Å². The maximum atomic E-state index is 13.8. The van der Waals surface area contributed by atoms with E-state index in [-0.39, 0.29) is 11.8 Å². The van der Waals surface area contributed by atoms with Crippen molar-refractivity contribution in [1.29, 1.82) is 0 Å². The lowest BCUT2D eigenvalue weighted by atomic mass is 9.71. The Hall–Kier alpha value is -3.28. The first kappa shape index (κ1) is 21.0. The van der Waals surface area contributed by atoms with Crippen LogP contribution in [0.1, 0.15) is 36.8 Å². The topological polar surface area (TPSA) is 66.4 Å². The van der Waals surface area contributed by atoms with Crippen LogP contribution < -0.4 is 0 Å². The van der Waals surface area contributed by atoms with Crippen molar-refractivity contribution < 1.29 is 9.59 Å². The van der Waals surface area contributed by atoms with Gasteiger partial charge in [0.05, 0.1) is 17.5 Å². The highest BCUT2D eigenvalue weighted by Crippen LogP contribution is 2.37. The molecule has 3 aromatic rings. The summed E-state index contributed by atoms with van der Waals surface area (Å²) in [5.41, 5.74) is 2.16. The second kappa shape index (κ2) is 8.46. The monoisotopic (exact) mass is 416 g/mol. The zero-order chi connectivity index (χ0) is 22.0. The Labute approximate surface area is 182 Å². The number of aromatic nitrogens is 2. The lowest BCUT2D eigenvalue weighted by Gasteiger charge is -2.42. The van der Waals surface area contributed by atoms with Gasteiger partial charge in [0.15, 0.2) is 0 Å². The Balaban J connectivity index is 1.62. The number of carbonyl (C=O) groups is 2. The van der Waals surface area contributed by atoms with E-state index < -0.39 is 5.41 Å². The number of fused-ring (bicyclic) bond motifs is 1. The number of amides is 2. The molecule has 0 atom stereocenters. The number of para-hydroxylation sites is 1. The highest BCUT2D eigenvalue weighted by atomic mass is 16.2. The van der Waals surface area contributed by atoms with Crippen LogP contribution in [0.3, 0.4) is 0 Å². The van der Waals surface area contributed by atoms with Crippen molar-refractivity contribution in [2.45, 2.75) is 38.6 Å². The van der Waals surface area contributed by atoms with Gasteiger partial charge in [0.2, 0.25) is 11.8 Å². The SMILES string of the molecule is CC(=O)N1CCC(C(=O)N(C)Cc2nc(C)c3ccccc3n2)(c2ccccc2)CC1. The fourth-order valence-electron chi connectivity index (χ4n) is 4.60. The molecule has 0 unspecified atom stereocenters. The minimum absolute atomic E-state index is 0.0521. The second-order valence-electron chi connectivity index (χ2n) is 8.36. The number of aryl methyl sites for hydroxylation is 1. The first-order valence-corrected chi connectivity index (χ1v) is 10.7. The van der Waals surface area contributed by atoms with Crippen LogP contribution >= 0.6 is 0 Å². The quantitative estimate of drug-likeness (QED) is 0.653. The molecule has 160 valence electrons. The number of rotatable bonds is 4. The van der Waals surface area contributed by atoms with Gasteiger partial charge in [-0.1, -0.05) is 48.5 Å². The maximum absolute atomic E-state index is 13.8. The second-order valence-corrected chi connectivity index (χ2v) is 8.36. The summed E-state index contributed by atoms with van der Waals surface area (Å²) < 4.78 is 0. The predicted octanol–water partition coefficient (Wildman–Crippen LogP) is 3.48. The third-order valence-corrected chi connectivity index (χ3v) is 6.36. The molecule has 0 aliphatic carbocycles. The Bertz CT molecular complexity index is 1100. The van der Waals surface area contributed by atoms with E-state index in [0.717, 1.165) is 22.2 Å². The molecule has 0 radical (unpaired) electrons. The van der Waals surface area contributed by atoms with Crippen LogP contribution in [0.4, 0.5) is 0 Å². The lowest BCUT2D eigenvalue weighted by Crippen LogP contribution is -2.52. The van der Waals surface area contributed by atoms with E-state index in [0.29, 0.717) is 38.3 Å². The first-order valence-electron chi connectivity index (χ1n) is 10.7. The van der Waals surface area contributed by atoms with E-state index in [1.165, 1.54) is 0 Å². The molecular weight excluding hydrogens is 388 g/mol. The Kier molecular flexibility index (Phi) is 5.72. The van der Waals surface area contributed by atoms with Crippen LogP contribution in [0.5, 0.6) is 0 Å². The molecule has 1 saturated heterocycles. The summed E-state index contributed by atoms with van der Waals surface area (Å²) in [4.78, 5) is 38.5. The van der Waals surface area contributed by atoms with Gasteiger partial charge in [0, 0.05) is 38.1 Å². The molecule has 1 fully saturated rings. The van der Waals surface area contributed by atoms with Gasteiger partial charge in [-0.3, -0.25) is 9.59 Å². The van der Waals surface area contributed by atoms with Crippen molar-refractivity contribution in [3.05, 3.63) is 71.7 Å². The van der Waals surface area contributed by atoms with Crippen molar-refractivity contribution in [2.24, 2.45) is 0 Å². The van der Waals surface area contributed by atoms with Crippen molar-refractivity contribution in [3.8, 4) is 0 Å². The fourth-order valence-corrected chi connectivity index (χ4v) is 4.60. The van der Waals surface area contributed by atoms with Crippen molar-refractivity contribution in [3.63, 3.8) is 0 Å². The molecule has 1 aliphatic rings. The highest BCUT2D eigenvalue weighted by molar-refractivity contribution is 5.89. The average Bonchev–Trinajstić information content (AvgIpc) is 2.79. The van der Waals surface area contributed by atoms with Gasteiger partial charge in [0.1, 0.15) is 5.82 Å². The molecule has 1 aromatic heterocycles. The van der Waals surface area contributed by atoms with Crippen LogP contribution in [0, 0.1) is 6.92 Å². The summed E-state index contributed by atoms with van der Waals surface area (Å²) >= 11 is 0. The number of likely N-dealkylation sites (N-methyl/N-ethyl adjacent to an activating group) is 1. The molecule has 6 heteroatoms. The summed E-state index contributed by atoms with van der Waals surface area (Å²) in [6.07, 6.45) is 1.22. The Morgan fingerprint density at radius 3 is 2.32 bits per heavy atom. The molecule has 4 rings (SSSR count). The summed E-state index contributed by atoms with van der Waals surface area (Å²) in [7, 11) is 1.82. The van der Waals surface area contributed by atoms with E-state index in [1.807, 2.05) is 73.5 Å². The predicted molar refractivity (Wildman–Crippen MR) is 120 cm³/mol. The van der Waals surface area contributed by atoms with Crippen molar-refractivity contribution in [1.82, 2.24) is 19.8 Å². The largest absolute Gasteiger partial charge is 0.343 e. The zero-order valence-electron chi connectivity index (χ0n) is 18.3. The highest BCUT2D eigenvalue weighted by Gasteiger charge is 2.44.